The third kappa shape index (κ3) is 5.73. The van der Waals surface area contributed by atoms with Gasteiger partial charge in [0, 0.05) is 25.2 Å². The summed E-state index contributed by atoms with van der Waals surface area (Å²) in [7, 11) is -3.58. The summed E-state index contributed by atoms with van der Waals surface area (Å²) in [4.78, 5) is 12.4. The second-order valence-corrected chi connectivity index (χ2v) is 8.80. The fourth-order valence-electron chi connectivity index (χ4n) is 3.16. The zero-order chi connectivity index (χ0) is 21.8. The summed E-state index contributed by atoms with van der Waals surface area (Å²) in [5.74, 6) is -0.924. The number of amides is 1. The second kappa shape index (κ2) is 9.05. The van der Waals surface area contributed by atoms with Crippen LogP contribution in [0.25, 0.3) is 0 Å². The molecule has 1 fully saturated rings. The first-order valence-electron chi connectivity index (χ1n) is 9.38. The average Bonchev–Trinajstić information content (AvgIpc) is 2.72. The van der Waals surface area contributed by atoms with Crippen LogP contribution in [0.5, 0.6) is 5.75 Å². The molecule has 0 aliphatic carbocycles. The van der Waals surface area contributed by atoms with Crippen molar-refractivity contribution < 1.29 is 31.1 Å². The first kappa shape index (κ1) is 22.1. The van der Waals surface area contributed by atoms with Crippen LogP contribution in [-0.4, -0.2) is 38.1 Å². The van der Waals surface area contributed by atoms with E-state index in [9.17, 15) is 26.4 Å². The van der Waals surface area contributed by atoms with Gasteiger partial charge in [-0.25, -0.2) is 8.42 Å². The van der Waals surface area contributed by atoms with E-state index in [-0.39, 0.29) is 17.0 Å². The van der Waals surface area contributed by atoms with Gasteiger partial charge in [-0.2, -0.15) is 4.31 Å². The topological polar surface area (TPSA) is 75.7 Å². The molecule has 0 atom stereocenters. The lowest BCUT2D eigenvalue weighted by molar-refractivity contribution is -0.274. The number of sulfonamides is 1. The molecule has 1 aliphatic rings. The Morgan fingerprint density at radius 2 is 1.70 bits per heavy atom. The number of halogens is 3. The van der Waals surface area contributed by atoms with Gasteiger partial charge < -0.3 is 10.1 Å². The first-order chi connectivity index (χ1) is 14.1. The summed E-state index contributed by atoms with van der Waals surface area (Å²) in [5, 5.41) is 2.63. The largest absolute Gasteiger partial charge is 0.573 e. The fourth-order valence-corrected chi connectivity index (χ4v) is 4.75. The van der Waals surface area contributed by atoms with Crippen LogP contribution >= 0.6 is 0 Å². The van der Waals surface area contributed by atoms with Crippen LogP contribution in [0.4, 0.5) is 13.2 Å². The van der Waals surface area contributed by atoms with Crippen LogP contribution in [0.2, 0.25) is 0 Å². The van der Waals surface area contributed by atoms with Gasteiger partial charge >= 0.3 is 6.36 Å². The summed E-state index contributed by atoms with van der Waals surface area (Å²) in [5.41, 5.74) is 0.750. The van der Waals surface area contributed by atoms with Crippen LogP contribution < -0.4 is 10.1 Å². The fraction of sp³-hybridized carbons (Fsp3) is 0.350. The molecule has 3 rings (SSSR count). The lowest BCUT2D eigenvalue weighted by Crippen LogP contribution is -2.35. The van der Waals surface area contributed by atoms with E-state index in [2.05, 4.69) is 10.1 Å². The zero-order valence-electron chi connectivity index (χ0n) is 16.0. The van der Waals surface area contributed by atoms with Gasteiger partial charge in [-0.15, -0.1) is 13.2 Å². The van der Waals surface area contributed by atoms with Crippen molar-refractivity contribution >= 4 is 15.9 Å². The number of hydrogen-bond donors (Lipinski definition) is 1. The molecule has 162 valence electrons. The van der Waals surface area contributed by atoms with Crippen molar-refractivity contribution in [3.8, 4) is 5.75 Å². The van der Waals surface area contributed by atoms with Gasteiger partial charge in [0.15, 0.2) is 0 Å². The summed E-state index contributed by atoms with van der Waals surface area (Å²) in [6.45, 7) is 1.07. The standard InChI is InChI=1S/C20H21F3N2O4S/c21-20(22,23)29-17-9-7-16(8-10-17)19(26)24-14-15-5-4-6-18(13-15)30(27,28)25-11-2-1-3-12-25/h4-10,13H,1-3,11-12,14H2,(H,24,26). The third-order valence-electron chi connectivity index (χ3n) is 4.65. The number of nitrogens with one attached hydrogen (secondary N) is 1. The molecule has 0 radical (unpaired) electrons. The molecule has 30 heavy (non-hydrogen) atoms. The Morgan fingerprint density at radius 1 is 1.03 bits per heavy atom. The monoisotopic (exact) mass is 442 g/mol. The maximum absolute atomic E-state index is 12.8. The highest BCUT2D eigenvalue weighted by Gasteiger charge is 2.31. The van der Waals surface area contributed by atoms with Crippen molar-refractivity contribution in [2.75, 3.05) is 13.1 Å². The molecule has 0 bridgehead atoms. The first-order valence-corrected chi connectivity index (χ1v) is 10.8. The molecule has 0 aromatic heterocycles. The number of carbonyl (C=O) groups is 1. The van der Waals surface area contributed by atoms with E-state index in [4.69, 9.17) is 0 Å². The minimum Gasteiger partial charge on any atom is -0.406 e. The van der Waals surface area contributed by atoms with Crippen molar-refractivity contribution in [3.05, 3.63) is 59.7 Å². The van der Waals surface area contributed by atoms with E-state index in [1.807, 2.05) is 0 Å². The normalized spacial score (nSPS) is 15.6. The molecule has 1 heterocycles. The molecule has 10 heteroatoms. The van der Waals surface area contributed by atoms with Crippen LogP contribution in [-0.2, 0) is 16.6 Å². The minimum atomic E-state index is -4.80. The molecule has 1 saturated heterocycles. The van der Waals surface area contributed by atoms with Crippen LogP contribution in [0.3, 0.4) is 0 Å². The van der Waals surface area contributed by atoms with Crippen LogP contribution in [0.15, 0.2) is 53.4 Å². The number of rotatable bonds is 6. The van der Waals surface area contributed by atoms with Crippen molar-refractivity contribution in [1.82, 2.24) is 9.62 Å². The number of nitrogens with zero attached hydrogens (tertiary/aromatic N) is 1. The maximum atomic E-state index is 12.8. The van der Waals surface area contributed by atoms with Crippen molar-refractivity contribution in [2.45, 2.75) is 37.1 Å². The van der Waals surface area contributed by atoms with Gasteiger partial charge in [-0.05, 0) is 54.8 Å². The Labute approximate surface area is 172 Å². The maximum Gasteiger partial charge on any atom is 0.573 e. The third-order valence-corrected chi connectivity index (χ3v) is 6.55. The predicted molar refractivity (Wildman–Crippen MR) is 103 cm³/mol. The molecule has 1 amide bonds. The highest BCUT2D eigenvalue weighted by molar-refractivity contribution is 7.89. The number of carbonyl (C=O) groups excluding carboxylic acids is 1. The lowest BCUT2D eigenvalue weighted by atomic mass is 10.2. The predicted octanol–water partition coefficient (Wildman–Crippen LogP) is 3.69. The average molecular weight is 442 g/mol. The summed E-state index contributed by atoms with van der Waals surface area (Å²) in [6, 6.07) is 10.9. The van der Waals surface area contributed by atoms with E-state index < -0.39 is 28.0 Å². The summed E-state index contributed by atoms with van der Waals surface area (Å²) in [6.07, 6.45) is -2.12. The number of benzene rings is 2. The molecule has 1 aliphatic heterocycles. The number of alkyl halides is 3. The van der Waals surface area contributed by atoms with Crippen LogP contribution in [0.1, 0.15) is 35.2 Å². The van der Waals surface area contributed by atoms with Gasteiger partial charge in [-0.1, -0.05) is 18.6 Å². The van der Waals surface area contributed by atoms with Gasteiger partial charge in [0.1, 0.15) is 5.75 Å². The van der Waals surface area contributed by atoms with Crippen molar-refractivity contribution in [1.29, 1.82) is 0 Å². The Hall–Kier alpha value is -2.59. The Morgan fingerprint density at radius 3 is 2.33 bits per heavy atom. The number of piperidine rings is 1. The highest BCUT2D eigenvalue weighted by Crippen LogP contribution is 2.23. The molecule has 2 aromatic rings. The molecule has 0 saturated carbocycles. The van der Waals surface area contributed by atoms with Gasteiger partial charge in [0.05, 0.1) is 4.90 Å². The number of ether oxygens (including phenoxy) is 1. The molecule has 6 nitrogen and oxygen atoms in total. The quantitative estimate of drug-likeness (QED) is 0.741. The van der Waals surface area contributed by atoms with E-state index in [1.165, 1.54) is 28.6 Å². The lowest BCUT2D eigenvalue weighted by Gasteiger charge is -2.26. The summed E-state index contributed by atoms with van der Waals surface area (Å²) < 4.78 is 67.4. The Bertz CT molecular complexity index is 986. The zero-order valence-corrected chi connectivity index (χ0v) is 16.8. The molecule has 1 N–H and O–H groups in total. The van der Waals surface area contributed by atoms with Crippen LogP contribution in [0, 0.1) is 0 Å². The summed E-state index contributed by atoms with van der Waals surface area (Å²) >= 11 is 0. The molecule has 2 aromatic carbocycles. The molecular weight excluding hydrogens is 421 g/mol. The van der Waals surface area contributed by atoms with Crippen molar-refractivity contribution in [2.24, 2.45) is 0 Å². The SMILES string of the molecule is O=C(NCc1cccc(S(=O)(=O)N2CCCCC2)c1)c1ccc(OC(F)(F)F)cc1. The molecule has 0 spiro atoms. The van der Waals surface area contributed by atoms with Gasteiger partial charge in [0.25, 0.3) is 5.91 Å². The van der Waals surface area contributed by atoms with Gasteiger partial charge in [-0.3, -0.25) is 4.79 Å². The van der Waals surface area contributed by atoms with E-state index in [0.717, 1.165) is 31.4 Å². The number of hydrogen-bond acceptors (Lipinski definition) is 4. The minimum absolute atomic E-state index is 0.0724. The van der Waals surface area contributed by atoms with E-state index in [0.29, 0.717) is 18.7 Å². The Kier molecular flexibility index (Phi) is 6.67. The van der Waals surface area contributed by atoms with Crippen molar-refractivity contribution in [3.63, 3.8) is 0 Å². The Balaban J connectivity index is 1.63. The van der Waals surface area contributed by atoms with E-state index in [1.54, 1.807) is 12.1 Å². The highest BCUT2D eigenvalue weighted by atomic mass is 32.2. The smallest absolute Gasteiger partial charge is 0.406 e. The molecule has 0 unspecified atom stereocenters. The second-order valence-electron chi connectivity index (χ2n) is 6.87. The van der Waals surface area contributed by atoms with Gasteiger partial charge in [0.2, 0.25) is 10.0 Å². The molecular formula is C20H21F3N2O4S. The van der Waals surface area contributed by atoms with E-state index >= 15 is 0 Å².